The molecule has 0 saturated carbocycles. The fraction of sp³-hybridized carbons (Fsp3) is 0.391. The van der Waals surface area contributed by atoms with Crippen LogP contribution in [0.2, 0.25) is 0 Å². The van der Waals surface area contributed by atoms with Gasteiger partial charge in [0.1, 0.15) is 5.75 Å². The molecule has 1 fully saturated rings. The molecule has 2 N–H and O–H groups in total. The number of ether oxygens (including phenoxy) is 1. The first-order valence-corrected chi connectivity index (χ1v) is 11.1. The van der Waals surface area contributed by atoms with Crippen molar-refractivity contribution >= 4 is 27.5 Å². The van der Waals surface area contributed by atoms with E-state index in [4.69, 9.17) is 9.72 Å². The smallest absolute Gasteiger partial charge is 0.255 e. The van der Waals surface area contributed by atoms with E-state index in [2.05, 4.69) is 28.8 Å². The lowest BCUT2D eigenvalue weighted by molar-refractivity contribution is 0.0934. The van der Waals surface area contributed by atoms with Crippen LogP contribution in [0.25, 0.3) is 10.2 Å². The van der Waals surface area contributed by atoms with Crippen molar-refractivity contribution in [2.45, 2.75) is 37.6 Å². The lowest BCUT2D eigenvalue weighted by Crippen LogP contribution is -2.27. The topological polar surface area (TPSA) is 63.2 Å². The van der Waals surface area contributed by atoms with Gasteiger partial charge >= 0.3 is 0 Å². The summed E-state index contributed by atoms with van der Waals surface area (Å²) in [6.45, 7) is 2.08. The zero-order valence-electron chi connectivity index (χ0n) is 16.5. The Kier molecular flexibility index (Phi) is 4.97. The predicted octanol–water partition coefficient (Wildman–Crippen LogP) is 4.19. The van der Waals surface area contributed by atoms with Gasteiger partial charge in [-0.25, -0.2) is 4.98 Å². The molecule has 1 aromatic heterocycles. The number of amides is 1. The molecule has 150 valence electrons. The van der Waals surface area contributed by atoms with Crippen molar-refractivity contribution in [3.05, 3.63) is 58.1 Å². The number of thiazole rings is 1. The number of nitrogens with one attached hydrogen (secondary N) is 2. The minimum atomic E-state index is -0.0812. The number of carbonyl (C=O) groups is 1. The van der Waals surface area contributed by atoms with Gasteiger partial charge in [0.15, 0.2) is 0 Å². The van der Waals surface area contributed by atoms with Gasteiger partial charge in [-0.3, -0.25) is 4.79 Å². The predicted molar refractivity (Wildman–Crippen MR) is 116 cm³/mol. The first kappa shape index (κ1) is 18.6. The maximum atomic E-state index is 13.1. The van der Waals surface area contributed by atoms with Crippen LogP contribution < -0.4 is 15.4 Å². The normalized spacial score (nSPS) is 19.3. The number of rotatable bonds is 4. The fourth-order valence-electron chi connectivity index (χ4n) is 4.51. The molecule has 2 heterocycles. The average Bonchev–Trinajstić information content (AvgIpc) is 3.37. The number of aromatic nitrogens is 1. The second kappa shape index (κ2) is 7.76. The molecule has 5 rings (SSSR count). The van der Waals surface area contributed by atoms with Gasteiger partial charge in [-0.1, -0.05) is 24.3 Å². The third-order valence-corrected chi connectivity index (χ3v) is 7.28. The number of fused-ring (bicyclic) bond motifs is 2. The van der Waals surface area contributed by atoms with Crippen LogP contribution in [-0.4, -0.2) is 31.1 Å². The van der Waals surface area contributed by atoms with Crippen LogP contribution in [0.3, 0.4) is 0 Å². The van der Waals surface area contributed by atoms with Gasteiger partial charge in [0.25, 0.3) is 5.91 Å². The summed E-state index contributed by atoms with van der Waals surface area (Å²) in [5.41, 5.74) is 4.06. The Balaban J connectivity index is 1.43. The van der Waals surface area contributed by atoms with Crippen molar-refractivity contribution in [3.8, 4) is 5.75 Å². The largest absolute Gasteiger partial charge is 0.496 e. The number of benzene rings is 2. The van der Waals surface area contributed by atoms with E-state index in [1.54, 1.807) is 18.4 Å². The van der Waals surface area contributed by atoms with Crippen molar-refractivity contribution in [2.75, 3.05) is 20.2 Å². The number of carbonyl (C=O) groups excluding carboxylic acids is 1. The van der Waals surface area contributed by atoms with Crippen LogP contribution >= 0.6 is 11.3 Å². The molecule has 6 heteroatoms. The van der Waals surface area contributed by atoms with Gasteiger partial charge in [0.05, 0.1) is 33.9 Å². The SMILES string of the molecule is COc1cc2nc(C3CCNCC3)sc2cc1C(=O)NC1CCc2ccccc21. The summed E-state index contributed by atoms with van der Waals surface area (Å²) >= 11 is 1.71. The van der Waals surface area contributed by atoms with Crippen LogP contribution in [0.5, 0.6) is 5.75 Å². The number of hydrogen-bond donors (Lipinski definition) is 2. The number of methoxy groups -OCH3 is 1. The summed E-state index contributed by atoms with van der Waals surface area (Å²) in [6, 6.07) is 12.3. The highest BCUT2D eigenvalue weighted by Gasteiger charge is 2.26. The van der Waals surface area contributed by atoms with Gasteiger partial charge in [-0.15, -0.1) is 11.3 Å². The minimum absolute atomic E-state index is 0.0610. The van der Waals surface area contributed by atoms with Crippen LogP contribution in [0.15, 0.2) is 36.4 Å². The van der Waals surface area contributed by atoms with Gasteiger partial charge in [-0.05, 0) is 56.0 Å². The Morgan fingerprint density at radius 2 is 2.03 bits per heavy atom. The molecule has 5 nitrogen and oxygen atoms in total. The Bertz CT molecular complexity index is 1060. The second-order valence-corrected chi connectivity index (χ2v) is 8.92. The lowest BCUT2D eigenvalue weighted by Gasteiger charge is -2.20. The van der Waals surface area contributed by atoms with Crippen molar-refractivity contribution in [3.63, 3.8) is 0 Å². The third kappa shape index (κ3) is 3.51. The van der Waals surface area contributed by atoms with E-state index >= 15 is 0 Å². The van der Waals surface area contributed by atoms with Crippen LogP contribution in [0.1, 0.15) is 57.7 Å². The highest BCUT2D eigenvalue weighted by Crippen LogP contribution is 2.36. The fourth-order valence-corrected chi connectivity index (χ4v) is 5.66. The summed E-state index contributed by atoms with van der Waals surface area (Å²) in [7, 11) is 1.61. The summed E-state index contributed by atoms with van der Waals surface area (Å²) < 4.78 is 6.61. The molecule has 1 aliphatic carbocycles. The number of nitrogens with zero attached hydrogens (tertiary/aromatic N) is 1. The zero-order chi connectivity index (χ0) is 19.8. The summed E-state index contributed by atoms with van der Waals surface area (Å²) in [4.78, 5) is 18.0. The van der Waals surface area contributed by atoms with Crippen molar-refractivity contribution in [1.29, 1.82) is 0 Å². The molecule has 0 bridgehead atoms. The molecule has 3 aromatic rings. The molecule has 1 amide bonds. The number of piperidine rings is 1. The molecule has 29 heavy (non-hydrogen) atoms. The Labute approximate surface area is 174 Å². The third-order valence-electron chi connectivity index (χ3n) is 6.10. The van der Waals surface area contributed by atoms with Crippen molar-refractivity contribution in [2.24, 2.45) is 0 Å². The maximum Gasteiger partial charge on any atom is 0.255 e. The van der Waals surface area contributed by atoms with E-state index in [1.807, 2.05) is 18.2 Å². The monoisotopic (exact) mass is 407 g/mol. The lowest BCUT2D eigenvalue weighted by atomic mass is 9.99. The van der Waals surface area contributed by atoms with E-state index in [0.717, 1.165) is 49.0 Å². The van der Waals surface area contributed by atoms with Crippen LogP contribution in [0, 0.1) is 0 Å². The van der Waals surface area contributed by atoms with Crippen molar-refractivity contribution in [1.82, 2.24) is 15.6 Å². The average molecular weight is 408 g/mol. The minimum Gasteiger partial charge on any atom is -0.496 e. The van der Waals surface area contributed by atoms with Crippen molar-refractivity contribution < 1.29 is 9.53 Å². The summed E-state index contributed by atoms with van der Waals surface area (Å²) in [5.74, 6) is 1.01. The van der Waals surface area contributed by atoms with E-state index < -0.39 is 0 Å². The van der Waals surface area contributed by atoms with E-state index in [1.165, 1.54) is 16.1 Å². The highest BCUT2D eigenvalue weighted by molar-refractivity contribution is 7.18. The molecule has 1 saturated heterocycles. The molecule has 1 unspecified atom stereocenters. The number of hydrogen-bond acceptors (Lipinski definition) is 5. The van der Waals surface area contributed by atoms with Gasteiger partial charge in [0.2, 0.25) is 0 Å². The molecule has 2 aromatic carbocycles. The summed E-state index contributed by atoms with van der Waals surface area (Å²) in [6.07, 6.45) is 4.18. The molecule has 2 aliphatic rings. The van der Waals surface area contributed by atoms with E-state index in [-0.39, 0.29) is 11.9 Å². The zero-order valence-corrected chi connectivity index (χ0v) is 17.3. The Morgan fingerprint density at radius 3 is 2.86 bits per heavy atom. The second-order valence-electron chi connectivity index (χ2n) is 7.86. The standard InChI is InChI=1S/C23H25N3O2S/c1-28-20-13-19-21(29-23(26-19)15-8-10-24-11-9-15)12-17(20)22(27)25-18-7-6-14-4-2-3-5-16(14)18/h2-5,12-13,15,18,24H,6-11H2,1H3,(H,25,27). The number of aryl methyl sites for hydroxylation is 1. The maximum absolute atomic E-state index is 13.1. The summed E-state index contributed by atoms with van der Waals surface area (Å²) in [5, 5.41) is 7.80. The molecular weight excluding hydrogens is 382 g/mol. The Hall–Kier alpha value is -2.44. The molecule has 0 radical (unpaired) electrons. The van der Waals surface area contributed by atoms with Gasteiger partial charge < -0.3 is 15.4 Å². The van der Waals surface area contributed by atoms with E-state index in [9.17, 15) is 4.79 Å². The first-order valence-electron chi connectivity index (χ1n) is 10.3. The van der Waals surface area contributed by atoms with Crippen LogP contribution in [0.4, 0.5) is 0 Å². The molecule has 1 aliphatic heterocycles. The molecule has 1 atom stereocenters. The first-order chi connectivity index (χ1) is 14.2. The van der Waals surface area contributed by atoms with Crippen LogP contribution in [-0.2, 0) is 6.42 Å². The Morgan fingerprint density at radius 1 is 1.21 bits per heavy atom. The van der Waals surface area contributed by atoms with Gasteiger partial charge in [-0.2, -0.15) is 0 Å². The molecular formula is C23H25N3O2S. The highest BCUT2D eigenvalue weighted by atomic mass is 32.1. The quantitative estimate of drug-likeness (QED) is 0.681. The van der Waals surface area contributed by atoms with Gasteiger partial charge in [0, 0.05) is 12.0 Å². The molecule has 0 spiro atoms. The van der Waals surface area contributed by atoms with E-state index in [0.29, 0.717) is 17.2 Å².